The van der Waals surface area contributed by atoms with Crippen LogP contribution in [0.5, 0.6) is 5.75 Å². The zero-order valence-corrected chi connectivity index (χ0v) is 15.7. The highest BCUT2D eigenvalue weighted by atomic mass is 32.2. The lowest BCUT2D eigenvalue weighted by atomic mass is 9.95. The molecule has 1 aromatic carbocycles. The second kappa shape index (κ2) is 7.13. The second-order valence-corrected chi connectivity index (χ2v) is 9.31. The van der Waals surface area contributed by atoms with Crippen LogP contribution in [0.2, 0.25) is 0 Å². The Bertz CT molecular complexity index is 942. The molecule has 1 aromatic heterocycles. The van der Waals surface area contributed by atoms with Gasteiger partial charge in [-0.15, -0.1) is 0 Å². The fourth-order valence-electron chi connectivity index (χ4n) is 3.38. The predicted molar refractivity (Wildman–Crippen MR) is 94.8 cm³/mol. The van der Waals surface area contributed by atoms with Crippen molar-refractivity contribution < 1.29 is 27.1 Å². The van der Waals surface area contributed by atoms with Crippen LogP contribution in [0.4, 0.5) is 4.39 Å². The van der Waals surface area contributed by atoms with Gasteiger partial charge in [-0.2, -0.15) is 5.10 Å². The summed E-state index contributed by atoms with van der Waals surface area (Å²) in [5.41, 5.74) is -0.858. The molecule has 0 N–H and O–H groups in total. The first-order chi connectivity index (χ1) is 13.4. The van der Waals surface area contributed by atoms with Crippen molar-refractivity contribution in [3.05, 3.63) is 42.7 Å². The summed E-state index contributed by atoms with van der Waals surface area (Å²) in [6.45, 7) is 0.439. The van der Waals surface area contributed by atoms with Gasteiger partial charge in [0.25, 0.3) is 5.91 Å². The topological polar surface area (TPSA) is 104 Å². The molecule has 1 atom stereocenters. The van der Waals surface area contributed by atoms with Crippen LogP contribution in [-0.4, -0.2) is 76.9 Å². The van der Waals surface area contributed by atoms with E-state index in [-0.39, 0.29) is 50.3 Å². The van der Waals surface area contributed by atoms with Crippen molar-refractivity contribution in [1.29, 1.82) is 0 Å². The molecule has 2 aliphatic heterocycles. The first kappa shape index (κ1) is 18.8. The molecule has 1 amide bonds. The van der Waals surface area contributed by atoms with Crippen LogP contribution >= 0.6 is 0 Å². The first-order valence-corrected chi connectivity index (χ1v) is 10.4. The number of hydrogen-bond donors (Lipinski definition) is 0. The predicted octanol–water partition coefficient (Wildman–Crippen LogP) is -0.109. The van der Waals surface area contributed by atoms with Crippen molar-refractivity contribution in [2.45, 2.75) is 17.4 Å². The maximum atomic E-state index is 12.9. The molecule has 2 aliphatic rings. The molecule has 0 aliphatic carbocycles. The van der Waals surface area contributed by atoms with Crippen molar-refractivity contribution >= 4 is 15.7 Å². The summed E-state index contributed by atoms with van der Waals surface area (Å²) in [5, 5.41) is 3.24. The number of amides is 1. The van der Waals surface area contributed by atoms with Gasteiger partial charge in [-0.1, -0.05) is 0 Å². The van der Waals surface area contributed by atoms with Crippen molar-refractivity contribution in [1.82, 2.24) is 19.7 Å². The molecule has 0 unspecified atom stereocenters. The SMILES string of the molecule is O=C(COc1ccc(F)cc1)N1CC2(C1)CS(=O)(=O)[C@@H](Cn1cncn1)CO2. The number of carbonyl (C=O) groups is 1. The van der Waals surface area contributed by atoms with Gasteiger partial charge >= 0.3 is 0 Å². The lowest BCUT2D eigenvalue weighted by Gasteiger charge is -2.52. The minimum absolute atomic E-state index is 0.0519. The van der Waals surface area contributed by atoms with E-state index in [1.807, 2.05) is 0 Å². The fraction of sp³-hybridized carbons (Fsp3) is 0.471. The number of benzene rings is 1. The molecule has 1 spiro atoms. The van der Waals surface area contributed by atoms with E-state index in [0.717, 1.165) is 0 Å². The van der Waals surface area contributed by atoms with Gasteiger partial charge in [0.2, 0.25) is 0 Å². The van der Waals surface area contributed by atoms with Crippen LogP contribution in [0.15, 0.2) is 36.9 Å². The number of rotatable bonds is 5. The van der Waals surface area contributed by atoms with E-state index < -0.39 is 20.7 Å². The van der Waals surface area contributed by atoms with Crippen molar-refractivity contribution in [3.63, 3.8) is 0 Å². The van der Waals surface area contributed by atoms with Gasteiger partial charge < -0.3 is 14.4 Å². The van der Waals surface area contributed by atoms with E-state index in [1.165, 1.54) is 46.5 Å². The van der Waals surface area contributed by atoms with Gasteiger partial charge in [0.1, 0.15) is 35.1 Å². The molecule has 2 aromatic rings. The largest absolute Gasteiger partial charge is 0.484 e. The van der Waals surface area contributed by atoms with Gasteiger partial charge in [-0.3, -0.25) is 9.48 Å². The van der Waals surface area contributed by atoms with Crippen LogP contribution in [0, 0.1) is 5.82 Å². The Morgan fingerprint density at radius 2 is 2.07 bits per heavy atom. The number of aromatic nitrogens is 3. The van der Waals surface area contributed by atoms with E-state index in [1.54, 1.807) is 0 Å². The maximum Gasteiger partial charge on any atom is 0.260 e. The van der Waals surface area contributed by atoms with Crippen LogP contribution in [-0.2, 0) is 25.9 Å². The van der Waals surface area contributed by atoms with E-state index in [9.17, 15) is 17.6 Å². The molecule has 0 bridgehead atoms. The van der Waals surface area contributed by atoms with Crippen molar-refractivity contribution in [2.24, 2.45) is 0 Å². The lowest BCUT2D eigenvalue weighted by molar-refractivity contribution is -0.167. The van der Waals surface area contributed by atoms with Gasteiger partial charge in [0, 0.05) is 0 Å². The third kappa shape index (κ3) is 3.85. The highest BCUT2D eigenvalue weighted by Gasteiger charge is 2.53. The Morgan fingerprint density at radius 3 is 2.71 bits per heavy atom. The van der Waals surface area contributed by atoms with E-state index >= 15 is 0 Å². The fourth-order valence-corrected chi connectivity index (χ4v) is 5.27. The molecule has 4 rings (SSSR count). The molecule has 3 heterocycles. The maximum absolute atomic E-state index is 12.9. The van der Waals surface area contributed by atoms with Crippen LogP contribution in [0.25, 0.3) is 0 Å². The molecule has 150 valence electrons. The van der Waals surface area contributed by atoms with E-state index in [0.29, 0.717) is 5.75 Å². The van der Waals surface area contributed by atoms with E-state index in [2.05, 4.69) is 10.1 Å². The van der Waals surface area contributed by atoms with Gasteiger partial charge in [-0.25, -0.2) is 17.8 Å². The zero-order chi connectivity index (χ0) is 19.8. The average Bonchev–Trinajstić information content (AvgIpc) is 3.13. The molecule has 2 fully saturated rings. The molecular formula is C17H19FN4O5S. The number of hydrogen-bond acceptors (Lipinski definition) is 7. The summed E-state index contributed by atoms with van der Waals surface area (Å²) >= 11 is 0. The molecule has 2 saturated heterocycles. The Labute approximate surface area is 161 Å². The molecule has 0 saturated carbocycles. The Morgan fingerprint density at radius 1 is 1.32 bits per heavy atom. The summed E-state index contributed by atoms with van der Waals surface area (Å²) in [7, 11) is -3.39. The van der Waals surface area contributed by atoms with E-state index in [4.69, 9.17) is 9.47 Å². The third-order valence-corrected chi connectivity index (χ3v) is 7.12. The summed E-state index contributed by atoms with van der Waals surface area (Å²) < 4.78 is 50.8. The van der Waals surface area contributed by atoms with Crippen LogP contribution < -0.4 is 4.74 Å². The highest BCUT2D eigenvalue weighted by molar-refractivity contribution is 7.92. The van der Waals surface area contributed by atoms with Gasteiger partial charge in [0.05, 0.1) is 32.0 Å². The number of halogens is 1. The Balaban J connectivity index is 1.29. The van der Waals surface area contributed by atoms with Crippen molar-refractivity contribution in [2.75, 3.05) is 32.1 Å². The number of nitrogens with zero attached hydrogens (tertiary/aromatic N) is 4. The van der Waals surface area contributed by atoms with Crippen molar-refractivity contribution in [3.8, 4) is 5.75 Å². The molecular weight excluding hydrogens is 391 g/mol. The zero-order valence-electron chi connectivity index (χ0n) is 14.9. The number of likely N-dealkylation sites (tertiary alicyclic amines) is 1. The molecule has 0 radical (unpaired) electrons. The summed E-state index contributed by atoms with van der Waals surface area (Å²) in [5.74, 6) is -0.415. The smallest absolute Gasteiger partial charge is 0.260 e. The monoisotopic (exact) mass is 410 g/mol. The van der Waals surface area contributed by atoms with Gasteiger partial charge in [-0.05, 0) is 24.3 Å². The standard InChI is InChI=1S/C17H19FN4O5S/c18-13-1-3-14(4-2-13)26-7-16(23)21-8-17(9-21)10-28(24,25)15(6-27-17)5-22-12-19-11-20-22/h1-4,11-12,15H,5-10H2/t15-/m0/s1. The average molecular weight is 410 g/mol. The summed E-state index contributed by atoms with van der Waals surface area (Å²) in [6, 6.07) is 5.36. The number of carbonyl (C=O) groups excluding carboxylic acids is 1. The normalized spacial score (nSPS) is 22.6. The summed E-state index contributed by atoms with van der Waals surface area (Å²) in [4.78, 5) is 17.5. The van der Waals surface area contributed by atoms with Crippen LogP contribution in [0.1, 0.15) is 0 Å². The Hall–Kier alpha value is -2.53. The molecule has 9 nitrogen and oxygen atoms in total. The Kier molecular flexibility index (Phi) is 4.79. The minimum Gasteiger partial charge on any atom is -0.484 e. The molecule has 11 heteroatoms. The van der Waals surface area contributed by atoms with Crippen LogP contribution in [0.3, 0.4) is 0 Å². The highest BCUT2D eigenvalue weighted by Crippen LogP contribution is 2.33. The minimum atomic E-state index is -3.39. The number of sulfone groups is 1. The number of ether oxygens (including phenoxy) is 2. The summed E-state index contributed by atoms with van der Waals surface area (Å²) in [6.07, 6.45) is 2.81. The first-order valence-electron chi connectivity index (χ1n) is 8.69. The van der Waals surface area contributed by atoms with Gasteiger partial charge in [0.15, 0.2) is 16.4 Å². The molecule has 28 heavy (non-hydrogen) atoms. The third-order valence-electron chi connectivity index (χ3n) is 4.89. The quantitative estimate of drug-likeness (QED) is 0.678. The lowest BCUT2D eigenvalue weighted by Crippen LogP contribution is -2.71. The second-order valence-electron chi connectivity index (χ2n) is 7.03.